The predicted molar refractivity (Wildman–Crippen MR) is 110 cm³/mol. The van der Waals surface area contributed by atoms with Crippen molar-refractivity contribution in [3.05, 3.63) is 35.7 Å². The lowest BCUT2D eigenvalue weighted by Gasteiger charge is -2.33. The van der Waals surface area contributed by atoms with Gasteiger partial charge in [0.1, 0.15) is 0 Å². The van der Waals surface area contributed by atoms with Gasteiger partial charge in [0, 0.05) is 24.9 Å². The van der Waals surface area contributed by atoms with Gasteiger partial charge in [-0.15, -0.1) is 12.4 Å². The first kappa shape index (κ1) is 23.1. The van der Waals surface area contributed by atoms with Crippen LogP contribution in [-0.4, -0.2) is 28.1 Å². The summed E-state index contributed by atoms with van der Waals surface area (Å²) in [7, 11) is 0. The van der Waals surface area contributed by atoms with E-state index in [0.717, 1.165) is 5.56 Å². The molecule has 6 nitrogen and oxygen atoms in total. The Morgan fingerprint density at radius 2 is 1.85 bits per heavy atom. The Morgan fingerprint density at radius 3 is 2.37 bits per heavy atom. The molecule has 0 spiro atoms. The molecule has 3 N–H and O–H groups in total. The SMILES string of the molecule is CC(C)c1ccc(-c2noc(CCC(=O)NC(C)(CN)C(C)C)n2)cc1.Cl. The quantitative estimate of drug-likeness (QED) is 0.711. The summed E-state index contributed by atoms with van der Waals surface area (Å²) in [5.41, 5.74) is 7.57. The van der Waals surface area contributed by atoms with Crippen LogP contribution >= 0.6 is 12.4 Å². The van der Waals surface area contributed by atoms with E-state index in [9.17, 15) is 4.79 Å². The Balaban J connectivity index is 0.00000364. The molecule has 0 aliphatic heterocycles. The maximum absolute atomic E-state index is 12.2. The first-order valence-electron chi connectivity index (χ1n) is 9.19. The Kier molecular flexibility index (Phi) is 8.44. The second kappa shape index (κ2) is 9.85. The van der Waals surface area contributed by atoms with Gasteiger partial charge in [0.15, 0.2) is 0 Å². The van der Waals surface area contributed by atoms with E-state index in [-0.39, 0.29) is 30.7 Å². The van der Waals surface area contributed by atoms with Crippen molar-refractivity contribution in [2.75, 3.05) is 6.54 Å². The maximum atomic E-state index is 12.2. The van der Waals surface area contributed by atoms with Gasteiger partial charge >= 0.3 is 0 Å². The largest absolute Gasteiger partial charge is 0.349 e. The lowest BCUT2D eigenvalue weighted by molar-refractivity contribution is -0.123. The summed E-state index contributed by atoms with van der Waals surface area (Å²) in [6.07, 6.45) is 0.692. The van der Waals surface area contributed by atoms with Crippen LogP contribution in [0.5, 0.6) is 0 Å². The number of carbonyl (C=O) groups is 1. The molecule has 0 radical (unpaired) electrons. The van der Waals surface area contributed by atoms with Crippen molar-refractivity contribution in [1.29, 1.82) is 0 Å². The van der Waals surface area contributed by atoms with E-state index in [1.165, 1.54) is 5.56 Å². The van der Waals surface area contributed by atoms with Gasteiger partial charge in [-0.1, -0.05) is 57.1 Å². The van der Waals surface area contributed by atoms with Gasteiger partial charge in [0.05, 0.1) is 5.54 Å². The average molecular weight is 395 g/mol. The molecule has 27 heavy (non-hydrogen) atoms. The number of benzene rings is 1. The summed E-state index contributed by atoms with van der Waals surface area (Å²) >= 11 is 0. The molecular formula is C20H31ClN4O2. The highest BCUT2D eigenvalue weighted by Crippen LogP contribution is 2.21. The molecule has 0 aliphatic rings. The second-order valence-corrected chi connectivity index (χ2v) is 7.61. The molecule has 7 heteroatoms. The first-order valence-corrected chi connectivity index (χ1v) is 9.19. The minimum absolute atomic E-state index is 0. The Hall–Kier alpha value is -1.92. The fraction of sp³-hybridized carbons (Fsp3) is 0.550. The second-order valence-electron chi connectivity index (χ2n) is 7.61. The molecule has 0 fully saturated rings. The van der Waals surface area contributed by atoms with E-state index in [0.29, 0.717) is 30.6 Å². The Morgan fingerprint density at radius 1 is 1.22 bits per heavy atom. The molecule has 2 aromatic rings. The van der Waals surface area contributed by atoms with Crippen LogP contribution in [0.4, 0.5) is 0 Å². The molecule has 1 amide bonds. The van der Waals surface area contributed by atoms with Crippen molar-refractivity contribution in [1.82, 2.24) is 15.5 Å². The minimum atomic E-state index is -0.407. The van der Waals surface area contributed by atoms with Crippen LogP contribution in [-0.2, 0) is 11.2 Å². The van der Waals surface area contributed by atoms with Crippen LogP contribution in [0, 0.1) is 5.92 Å². The molecule has 0 bridgehead atoms. The van der Waals surface area contributed by atoms with E-state index in [1.54, 1.807) is 0 Å². The highest BCUT2D eigenvalue weighted by Gasteiger charge is 2.28. The molecule has 0 aliphatic carbocycles. The number of hydrogen-bond acceptors (Lipinski definition) is 5. The number of aryl methyl sites for hydroxylation is 1. The number of nitrogens with zero attached hydrogens (tertiary/aromatic N) is 2. The number of halogens is 1. The van der Waals surface area contributed by atoms with Crippen LogP contribution in [0.1, 0.15) is 58.4 Å². The summed E-state index contributed by atoms with van der Waals surface area (Å²) in [5.74, 6) is 1.67. The van der Waals surface area contributed by atoms with Crippen LogP contribution in [0.25, 0.3) is 11.4 Å². The van der Waals surface area contributed by atoms with Crippen LogP contribution in [0.2, 0.25) is 0 Å². The number of hydrogen-bond donors (Lipinski definition) is 2. The summed E-state index contributed by atoms with van der Waals surface area (Å²) in [6, 6.07) is 8.13. The first-order chi connectivity index (χ1) is 12.2. The topological polar surface area (TPSA) is 94.0 Å². The van der Waals surface area contributed by atoms with Gasteiger partial charge in [0.25, 0.3) is 0 Å². The molecule has 1 heterocycles. The summed E-state index contributed by atoms with van der Waals surface area (Å²) in [5, 5.41) is 7.03. The third kappa shape index (κ3) is 6.04. The van der Waals surface area contributed by atoms with E-state index < -0.39 is 5.54 Å². The van der Waals surface area contributed by atoms with Gasteiger partial charge < -0.3 is 15.6 Å². The van der Waals surface area contributed by atoms with Gasteiger partial charge in [0.2, 0.25) is 17.6 Å². The molecule has 150 valence electrons. The van der Waals surface area contributed by atoms with Gasteiger partial charge in [-0.2, -0.15) is 4.98 Å². The van der Waals surface area contributed by atoms with E-state index >= 15 is 0 Å². The monoisotopic (exact) mass is 394 g/mol. The molecule has 1 aromatic heterocycles. The zero-order chi connectivity index (χ0) is 19.3. The van der Waals surface area contributed by atoms with Crippen molar-refractivity contribution in [2.24, 2.45) is 11.7 Å². The number of amides is 1. The van der Waals surface area contributed by atoms with Crippen molar-refractivity contribution in [2.45, 2.75) is 58.9 Å². The van der Waals surface area contributed by atoms with Crippen molar-refractivity contribution in [3.8, 4) is 11.4 Å². The number of nitrogens with two attached hydrogens (primary N) is 1. The molecule has 0 saturated heterocycles. The minimum Gasteiger partial charge on any atom is -0.349 e. The molecular weight excluding hydrogens is 364 g/mol. The normalized spacial score (nSPS) is 13.3. The Bertz CT molecular complexity index is 728. The van der Waals surface area contributed by atoms with E-state index in [4.69, 9.17) is 10.3 Å². The fourth-order valence-corrected chi connectivity index (χ4v) is 2.52. The zero-order valence-corrected chi connectivity index (χ0v) is 17.6. The van der Waals surface area contributed by atoms with E-state index in [2.05, 4.69) is 41.4 Å². The van der Waals surface area contributed by atoms with Crippen molar-refractivity contribution in [3.63, 3.8) is 0 Å². The molecule has 2 rings (SSSR count). The average Bonchev–Trinajstić information content (AvgIpc) is 3.08. The summed E-state index contributed by atoms with van der Waals surface area (Å²) < 4.78 is 5.29. The van der Waals surface area contributed by atoms with Crippen molar-refractivity contribution < 1.29 is 9.32 Å². The maximum Gasteiger partial charge on any atom is 0.227 e. The molecule has 0 saturated carbocycles. The van der Waals surface area contributed by atoms with Gasteiger partial charge in [-0.25, -0.2) is 0 Å². The third-order valence-electron chi connectivity index (χ3n) is 4.99. The lowest BCUT2D eigenvalue weighted by atomic mass is 9.88. The van der Waals surface area contributed by atoms with Gasteiger partial charge in [-0.3, -0.25) is 4.79 Å². The standard InChI is InChI=1S/C20H30N4O2.ClH/c1-13(2)15-6-8-16(9-7-15)19-22-18(26-24-19)11-10-17(25)23-20(5,12-21)14(3)4;/h6-9,13-14H,10-12,21H2,1-5H3,(H,23,25);1H. The number of aromatic nitrogens is 2. The number of nitrogens with one attached hydrogen (secondary N) is 1. The Labute approximate surface area is 167 Å². The fourth-order valence-electron chi connectivity index (χ4n) is 2.52. The van der Waals surface area contributed by atoms with Gasteiger partial charge in [-0.05, 0) is 24.3 Å². The molecule has 1 atom stereocenters. The molecule has 1 aromatic carbocycles. The number of rotatable bonds is 8. The van der Waals surface area contributed by atoms with E-state index in [1.807, 2.05) is 32.9 Å². The third-order valence-corrected chi connectivity index (χ3v) is 4.99. The summed E-state index contributed by atoms with van der Waals surface area (Å²) in [6.45, 7) is 10.8. The zero-order valence-electron chi connectivity index (χ0n) is 16.8. The smallest absolute Gasteiger partial charge is 0.227 e. The van der Waals surface area contributed by atoms with Crippen molar-refractivity contribution >= 4 is 18.3 Å². The predicted octanol–water partition coefficient (Wildman–Crippen LogP) is 3.70. The van der Waals surface area contributed by atoms with Crippen LogP contribution < -0.4 is 11.1 Å². The molecule has 1 unspecified atom stereocenters. The summed E-state index contributed by atoms with van der Waals surface area (Å²) in [4.78, 5) is 16.6. The van der Waals surface area contributed by atoms with Crippen LogP contribution in [0.15, 0.2) is 28.8 Å². The van der Waals surface area contributed by atoms with Crippen LogP contribution in [0.3, 0.4) is 0 Å². The lowest BCUT2D eigenvalue weighted by Crippen LogP contribution is -2.55. The highest BCUT2D eigenvalue weighted by atomic mass is 35.5. The number of carbonyl (C=O) groups excluding carboxylic acids is 1. The highest BCUT2D eigenvalue weighted by molar-refractivity contribution is 5.85.